The summed E-state index contributed by atoms with van der Waals surface area (Å²) in [6, 6.07) is 32.8. The number of para-hydroxylation sites is 2. The number of rotatable bonds is 11. The van der Waals surface area contributed by atoms with Crippen LogP contribution in [0.2, 0.25) is 0 Å². The molecule has 2 amide bonds. The fourth-order valence-electron chi connectivity index (χ4n) is 7.03. The Morgan fingerprint density at radius 2 is 1.65 bits per heavy atom. The number of aromatic nitrogens is 3. The van der Waals surface area contributed by atoms with Crippen LogP contribution in [-0.2, 0) is 34.7 Å². The van der Waals surface area contributed by atoms with Crippen molar-refractivity contribution in [3.63, 3.8) is 0 Å². The Morgan fingerprint density at radius 3 is 2.47 bits per heavy atom. The van der Waals surface area contributed by atoms with Crippen LogP contribution in [0.5, 0.6) is 0 Å². The first-order valence-electron chi connectivity index (χ1n) is 16.7. The molecule has 9 nitrogen and oxygen atoms in total. The van der Waals surface area contributed by atoms with E-state index in [9.17, 15) is 19.8 Å². The molecule has 4 aromatic carbocycles. The summed E-state index contributed by atoms with van der Waals surface area (Å²) in [5.41, 5.74) is 4.82. The van der Waals surface area contributed by atoms with E-state index in [0.29, 0.717) is 36.3 Å². The van der Waals surface area contributed by atoms with Crippen molar-refractivity contribution in [3.05, 3.63) is 149 Å². The van der Waals surface area contributed by atoms with Gasteiger partial charge in [0.05, 0.1) is 36.1 Å². The summed E-state index contributed by atoms with van der Waals surface area (Å²) in [4.78, 5) is 30.6. The fraction of sp³-hybridized carbons (Fsp3) is 0.250. The van der Waals surface area contributed by atoms with Gasteiger partial charge < -0.3 is 15.1 Å². The van der Waals surface area contributed by atoms with Gasteiger partial charge >= 0.3 is 0 Å². The molecule has 2 N–H and O–H groups in total. The van der Waals surface area contributed by atoms with Gasteiger partial charge in [0.2, 0.25) is 5.91 Å². The first-order chi connectivity index (χ1) is 23.9. The Balaban J connectivity index is 1.06. The zero-order valence-corrected chi connectivity index (χ0v) is 27.4. The molecule has 9 heteroatoms. The van der Waals surface area contributed by atoms with Crippen LogP contribution in [0.3, 0.4) is 0 Å². The monoisotopic (exact) mass is 653 g/mol. The van der Waals surface area contributed by atoms with Crippen molar-refractivity contribution in [2.75, 3.05) is 16.4 Å². The number of hydrogen-bond donors (Lipinski definition) is 2. The highest BCUT2D eigenvalue weighted by Crippen LogP contribution is 2.46. The number of aryl methyl sites for hydroxylation is 2. The average Bonchev–Trinajstić information content (AvgIpc) is 3.68. The average molecular weight is 654 g/mol. The van der Waals surface area contributed by atoms with E-state index in [-0.39, 0.29) is 30.9 Å². The molecule has 3 heterocycles. The molecular weight excluding hydrogens is 614 g/mol. The Morgan fingerprint density at radius 1 is 0.898 bits per heavy atom. The molecule has 0 saturated heterocycles. The topological polar surface area (TPSA) is 112 Å². The summed E-state index contributed by atoms with van der Waals surface area (Å²) >= 11 is 0. The SMILES string of the molecule is C[C@H](/C=C/CCn1cc(C(CO)c2ccccc2)nn1)[C@@]1(O)C(=O)N(Cc2cccc(N3C(=O)CCc4ccccc43)c2)c2ccccc21. The second kappa shape index (κ2) is 13.6. The quantitative estimate of drug-likeness (QED) is 0.169. The lowest BCUT2D eigenvalue weighted by atomic mass is 9.83. The zero-order chi connectivity index (χ0) is 34.0. The lowest BCUT2D eigenvalue weighted by Gasteiger charge is -2.30. The molecule has 0 bridgehead atoms. The first kappa shape index (κ1) is 32.2. The van der Waals surface area contributed by atoms with Crippen molar-refractivity contribution < 1.29 is 19.8 Å². The van der Waals surface area contributed by atoms with Gasteiger partial charge in [-0.25, -0.2) is 0 Å². The number of amides is 2. The third-order valence-corrected chi connectivity index (χ3v) is 9.68. The molecule has 5 aromatic rings. The van der Waals surface area contributed by atoms with E-state index in [0.717, 1.165) is 34.5 Å². The minimum atomic E-state index is -1.74. The van der Waals surface area contributed by atoms with Crippen LogP contribution < -0.4 is 9.80 Å². The van der Waals surface area contributed by atoms with E-state index in [4.69, 9.17) is 0 Å². The van der Waals surface area contributed by atoms with Crippen LogP contribution in [0, 0.1) is 5.92 Å². The molecule has 0 saturated carbocycles. The number of nitrogens with zero attached hydrogens (tertiary/aromatic N) is 5. The molecule has 0 fully saturated rings. The molecule has 2 aliphatic rings. The van der Waals surface area contributed by atoms with Crippen LogP contribution >= 0.6 is 0 Å². The van der Waals surface area contributed by atoms with E-state index in [1.54, 1.807) is 14.5 Å². The summed E-state index contributed by atoms with van der Waals surface area (Å²) in [7, 11) is 0. The number of benzene rings is 4. The second-order valence-electron chi connectivity index (χ2n) is 12.8. The number of anilines is 3. The molecule has 0 spiro atoms. The Kier molecular flexibility index (Phi) is 8.95. The van der Waals surface area contributed by atoms with Gasteiger partial charge in [-0.2, -0.15) is 0 Å². The third kappa shape index (κ3) is 6.07. The molecule has 0 radical (unpaired) electrons. The van der Waals surface area contributed by atoms with Gasteiger partial charge in [-0.15, -0.1) is 5.10 Å². The van der Waals surface area contributed by atoms with E-state index in [1.165, 1.54) is 0 Å². The largest absolute Gasteiger partial charge is 0.395 e. The van der Waals surface area contributed by atoms with Gasteiger partial charge in [0.1, 0.15) is 0 Å². The number of aliphatic hydroxyl groups excluding tert-OH is 1. The van der Waals surface area contributed by atoms with E-state index in [1.807, 2.05) is 122 Å². The van der Waals surface area contributed by atoms with Crippen LogP contribution in [0.25, 0.3) is 0 Å². The molecule has 248 valence electrons. The fourth-order valence-corrected chi connectivity index (χ4v) is 7.03. The van der Waals surface area contributed by atoms with Gasteiger partial charge in [0.15, 0.2) is 5.60 Å². The van der Waals surface area contributed by atoms with Crippen molar-refractivity contribution in [2.24, 2.45) is 5.92 Å². The summed E-state index contributed by atoms with van der Waals surface area (Å²) in [6.07, 6.45) is 7.47. The summed E-state index contributed by atoms with van der Waals surface area (Å²) in [6.45, 7) is 2.59. The zero-order valence-electron chi connectivity index (χ0n) is 27.4. The number of allylic oxidation sites excluding steroid dienone is 1. The van der Waals surface area contributed by atoms with Gasteiger partial charge in [-0.05, 0) is 53.8 Å². The van der Waals surface area contributed by atoms with Crippen molar-refractivity contribution in [2.45, 2.75) is 50.8 Å². The standard InChI is InChI=1S/C40H39N5O4/c1-28(12-9-10-23-43-26-35(41-42-43)33(27-46)30-14-3-2-4-15-30)40(49)34-18-6-8-20-37(34)44(39(40)48)25-29-13-11-17-32(24-29)45-36-19-7-5-16-31(36)21-22-38(45)47/h2-9,11-20,24,26,28,33,46,49H,10,21-23,25,27H2,1H3/b12-9+/t28-,33?,40+/m1/s1. The lowest BCUT2D eigenvalue weighted by molar-refractivity contribution is -0.139. The third-order valence-electron chi connectivity index (χ3n) is 9.68. The van der Waals surface area contributed by atoms with E-state index >= 15 is 0 Å². The highest BCUT2D eigenvalue weighted by molar-refractivity contribution is 6.07. The van der Waals surface area contributed by atoms with Crippen LogP contribution in [0.1, 0.15) is 53.6 Å². The van der Waals surface area contributed by atoms with Crippen molar-refractivity contribution in [3.8, 4) is 0 Å². The van der Waals surface area contributed by atoms with Gasteiger partial charge in [-0.3, -0.25) is 19.2 Å². The van der Waals surface area contributed by atoms with E-state index < -0.39 is 11.5 Å². The van der Waals surface area contributed by atoms with Gasteiger partial charge in [-0.1, -0.05) is 103 Å². The maximum Gasteiger partial charge on any atom is 0.264 e. The van der Waals surface area contributed by atoms with Crippen molar-refractivity contribution in [1.82, 2.24) is 15.0 Å². The first-order valence-corrected chi connectivity index (χ1v) is 16.7. The smallest absolute Gasteiger partial charge is 0.264 e. The number of hydrogen-bond acceptors (Lipinski definition) is 6. The summed E-state index contributed by atoms with van der Waals surface area (Å²) < 4.78 is 1.74. The molecule has 49 heavy (non-hydrogen) atoms. The number of fused-ring (bicyclic) bond motifs is 2. The summed E-state index contributed by atoms with van der Waals surface area (Å²) in [5, 5.41) is 30.6. The van der Waals surface area contributed by atoms with E-state index in [2.05, 4.69) is 16.4 Å². The molecular formula is C40H39N5O4. The molecule has 0 aliphatic carbocycles. The Labute approximate surface area is 285 Å². The molecule has 1 unspecified atom stereocenters. The Bertz CT molecular complexity index is 2010. The van der Waals surface area contributed by atoms with Crippen molar-refractivity contribution in [1.29, 1.82) is 0 Å². The molecule has 7 rings (SSSR count). The summed E-state index contributed by atoms with van der Waals surface area (Å²) in [5.74, 6) is -1.10. The number of carbonyl (C=O) groups excluding carboxylic acids is 2. The van der Waals surface area contributed by atoms with Crippen LogP contribution in [-0.4, -0.2) is 43.6 Å². The second-order valence-corrected chi connectivity index (χ2v) is 12.8. The lowest BCUT2D eigenvalue weighted by Crippen LogP contribution is -2.44. The van der Waals surface area contributed by atoms with Crippen LogP contribution in [0.15, 0.2) is 121 Å². The molecule has 3 atom stereocenters. The normalized spacial score (nSPS) is 18.5. The number of carbonyl (C=O) groups is 2. The van der Waals surface area contributed by atoms with Crippen molar-refractivity contribution >= 4 is 28.9 Å². The maximum absolute atomic E-state index is 14.1. The van der Waals surface area contributed by atoms with Crippen LogP contribution in [0.4, 0.5) is 17.1 Å². The predicted molar refractivity (Wildman–Crippen MR) is 188 cm³/mol. The highest BCUT2D eigenvalue weighted by Gasteiger charge is 2.52. The highest BCUT2D eigenvalue weighted by atomic mass is 16.3. The minimum absolute atomic E-state index is 0.0410. The maximum atomic E-state index is 14.1. The molecule has 1 aromatic heterocycles. The van der Waals surface area contributed by atoms with Gasteiger partial charge in [0, 0.05) is 36.3 Å². The minimum Gasteiger partial charge on any atom is -0.395 e. The Hall–Kier alpha value is -5.38. The molecule has 2 aliphatic heterocycles. The van der Waals surface area contributed by atoms with Gasteiger partial charge in [0.25, 0.3) is 5.91 Å². The number of aliphatic hydroxyl groups is 2. The predicted octanol–water partition coefficient (Wildman–Crippen LogP) is 6.03.